The van der Waals surface area contributed by atoms with Gasteiger partial charge in [0.1, 0.15) is 6.61 Å². The van der Waals surface area contributed by atoms with Gasteiger partial charge in [0.05, 0.1) is 34.4 Å². The summed E-state index contributed by atoms with van der Waals surface area (Å²) in [5.74, 6) is -1.54. The lowest BCUT2D eigenvalue weighted by Crippen LogP contribution is -2.50. The van der Waals surface area contributed by atoms with E-state index in [-0.39, 0.29) is 42.7 Å². The average molecular weight is 917 g/mol. The lowest BCUT2D eigenvalue weighted by atomic mass is 10.1. The van der Waals surface area contributed by atoms with E-state index in [1.54, 1.807) is 0 Å². The summed E-state index contributed by atoms with van der Waals surface area (Å²) in [5.41, 5.74) is 0. The molecule has 0 radical (unpaired) electrons. The van der Waals surface area contributed by atoms with Gasteiger partial charge in [0, 0.05) is 19.3 Å². The van der Waals surface area contributed by atoms with E-state index in [2.05, 4.69) is 135 Å². The number of carboxylic acid groups (broad SMARTS) is 1. The second kappa shape index (κ2) is 47.2. The van der Waals surface area contributed by atoms with E-state index in [4.69, 9.17) is 14.2 Å². The van der Waals surface area contributed by atoms with Crippen molar-refractivity contribution in [2.75, 3.05) is 41.0 Å². The van der Waals surface area contributed by atoms with Crippen LogP contribution in [0.2, 0.25) is 0 Å². The molecule has 0 aromatic carbocycles. The third kappa shape index (κ3) is 44.9. The molecule has 0 spiro atoms. The quantitative estimate of drug-likeness (QED) is 0.0281. The van der Waals surface area contributed by atoms with Crippen LogP contribution in [0.5, 0.6) is 0 Å². The molecule has 8 heteroatoms. The highest BCUT2D eigenvalue weighted by Gasteiger charge is 2.31. The van der Waals surface area contributed by atoms with E-state index < -0.39 is 18.1 Å². The lowest BCUT2D eigenvalue weighted by Gasteiger charge is -2.31. The monoisotopic (exact) mass is 917 g/mol. The Morgan fingerprint density at radius 2 is 0.803 bits per heavy atom. The molecule has 8 nitrogen and oxygen atoms in total. The summed E-state index contributed by atoms with van der Waals surface area (Å²) < 4.78 is 17.3. The van der Waals surface area contributed by atoms with Crippen LogP contribution in [0, 0.1) is 0 Å². The molecule has 0 aliphatic heterocycles. The van der Waals surface area contributed by atoms with Crippen LogP contribution in [0.4, 0.5) is 0 Å². The maximum Gasteiger partial charge on any atom is 0.362 e. The first-order valence-electron chi connectivity index (χ1n) is 25.6. The van der Waals surface area contributed by atoms with Crippen LogP contribution < -0.4 is 0 Å². The van der Waals surface area contributed by atoms with Gasteiger partial charge in [-0.05, 0) is 103 Å². The zero-order chi connectivity index (χ0) is 48.4. The van der Waals surface area contributed by atoms with Gasteiger partial charge in [-0.1, -0.05) is 174 Å². The SMILES string of the molecule is CC/C=C/C/C=C/C/C=C/C/C=C/C/C=C/C/C=C/CCCCCC(=O)OC(COCCC(C(=O)O)[N+](C)(C)C)COC(=O)CCCCCCCCC/C=C/C/C=C/C/C=C/C/C=C/CC. The van der Waals surface area contributed by atoms with Gasteiger partial charge in [0.25, 0.3) is 0 Å². The smallest absolute Gasteiger partial charge is 0.362 e. The summed E-state index contributed by atoms with van der Waals surface area (Å²) in [5, 5.41) is 9.66. The van der Waals surface area contributed by atoms with Crippen molar-refractivity contribution >= 4 is 17.9 Å². The van der Waals surface area contributed by atoms with Gasteiger partial charge >= 0.3 is 17.9 Å². The molecular formula is C58H94NO7+. The van der Waals surface area contributed by atoms with Gasteiger partial charge in [-0.25, -0.2) is 4.79 Å². The van der Waals surface area contributed by atoms with Gasteiger partial charge < -0.3 is 23.8 Å². The van der Waals surface area contributed by atoms with Crippen LogP contribution in [-0.2, 0) is 28.6 Å². The number of hydrogen-bond acceptors (Lipinski definition) is 6. The molecule has 0 fully saturated rings. The Labute approximate surface area is 403 Å². The molecular weight excluding hydrogens is 823 g/mol. The maximum atomic E-state index is 12.8. The Balaban J connectivity index is 4.38. The highest BCUT2D eigenvalue weighted by atomic mass is 16.6. The minimum atomic E-state index is -0.887. The van der Waals surface area contributed by atoms with E-state index in [0.29, 0.717) is 19.3 Å². The molecule has 0 amide bonds. The van der Waals surface area contributed by atoms with Gasteiger partial charge in [-0.3, -0.25) is 9.59 Å². The van der Waals surface area contributed by atoms with Crippen molar-refractivity contribution in [2.45, 2.75) is 187 Å². The number of hydrogen-bond donors (Lipinski definition) is 1. The average Bonchev–Trinajstić information content (AvgIpc) is 3.28. The lowest BCUT2D eigenvalue weighted by molar-refractivity contribution is -0.887. The van der Waals surface area contributed by atoms with Gasteiger partial charge in [-0.2, -0.15) is 0 Å². The van der Waals surface area contributed by atoms with Gasteiger partial charge in [-0.15, -0.1) is 0 Å². The van der Waals surface area contributed by atoms with Crippen LogP contribution in [0.1, 0.15) is 174 Å². The summed E-state index contributed by atoms with van der Waals surface area (Å²) in [4.78, 5) is 37.2. The number of ether oxygens (including phenoxy) is 3. The molecule has 0 aromatic rings. The molecule has 2 unspecified atom stereocenters. The second-order valence-electron chi connectivity index (χ2n) is 17.7. The summed E-state index contributed by atoms with van der Waals surface area (Å²) in [7, 11) is 5.51. The van der Waals surface area contributed by atoms with Crippen LogP contribution in [0.25, 0.3) is 0 Å². The molecule has 0 aliphatic carbocycles. The minimum Gasteiger partial charge on any atom is -0.477 e. The molecule has 0 heterocycles. The van der Waals surface area contributed by atoms with Crippen molar-refractivity contribution in [3.63, 3.8) is 0 Å². The normalized spacial score (nSPS) is 13.9. The van der Waals surface area contributed by atoms with Crippen molar-refractivity contribution in [1.29, 1.82) is 0 Å². The third-order valence-electron chi connectivity index (χ3n) is 10.6. The van der Waals surface area contributed by atoms with Crippen molar-refractivity contribution in [3.8, 4) is 0 Å². The Morgan fingerprint density at radius 1 is 0.455 bits per heavy atom. The number of carbonyl (C=O) groups is 3. The van der Waals surface area contributed by atoms with E-state index in [1.807, 2.05) is 21.1 Å². The first-order valence-corrected chi connectivity index (χ1v) is 25.6. The second-order valence-corrected chi connectivity index (χ2v) is 17.7. The third-order valence-corrected chi connectivity index (χ3v) is 10.6. The van der Waals surface area contributed by atoms with E-state index in [9.17, 15) is 19.5 Å². The van der Waals surface area contributed by atoms with E-state index in [0.717, 1.165) is 116 Å². The van der Waals surface area contributed by atoms with Crippen LogP contribution >= 0.6 is 0 Å². The number of esters is 2. The summed E-state index contributed by atoms with van der Waals surface area (Å²) in [6, 6.07) is -0.632. The summed E-state index contributed by atoms with van der Waals surface area (Å²) in [6.07, 6.45) is 66.7. The zero-order valence-electron chi connectivity index (χ0n) is 42.3. The number of rotatable bonds is 44. The Kier molecular flexibility index (Phi) is 44.2. The fraction of sp³-hybridized carbons (Fsp3) is 0.603. The number of unbranched alkanes of at least 4 members (excludes halogenated alkanes) is 10. The molecule has 0 saturated carbocycles. The van der Waals surface area contributed by atoms with Crippen molar-refractivity contribution < 1.29 is 38.2 Å². The largest absolute Gasteiger partial charge is 0.477 e. The molecule has 0 rings (SSSR count). The van der Waals surface area contributed by atoms with Gasteiger partial charge in [0.15, 0.2) is 12.1 Å². The molecule has 1 N–H and O–H groups in total. The first kappa shape index (κ1) is 61.7. The molecule has 2 atom stereocenters. The standard InChI is InChI=1S/C58H93NO7/c1-6-8-10-12-14-16-18-20-22-24-26-28-29-31-33-35-37-39-41-43-45-47-49-57(61)66-54(52-64-51-50-55(58(62)63)59(3,4)5)53-65-56(60)48-46-44-42-40-38-36-34-32-30-27-25-23-21-19-17-15-13-11-9-7-2/h8-11,14-17,20-23,26-28,30-31,33,37,39,54-55H,6-7,12-13,18-19,24-25,29,32,34-36,38,40-53H2,1-5H3/p+1/b10-8+,11-9+,16-14+,17-15+,22-20+,23-21+,28-26+,30-27+,33-31+,39-37+. The number of aliphatic carboxylic acids is 1. The molecule has 0 aliphatic rings. The fourth-order valence-corrected chi connectivity index (χ4v) is 6.73. The molecule has 66 heavy (non-hydrogen) atoms. The van der Waals surface area contributed by atoms with Crippen LogP contribution in [-0.4, -0.2) is 80.6 Å². The van der Waals surface area contributed by atoms with Crippen molar-refractivity contribution in [3.05, 3.63) is 122 Å². The van der Waals surface area contributed by atoms with E-state index >= 15 is 0 Å². The Bertz CT molecular complexity index is 1490. The number of carboxylic acids is 1. The predicted octanol–water partition coefficient (Wildman–Crippen LogP) is 15.0. The number of likely N-dealkylation sites (N-methyl/N-ethyl adjacent to an activating group) is 1. The van der Waals surface area contributed by atoms with Crippen molar-refractivity contribution in [2.24, 2.45) is 0 Å². The van der Waals surface area contributed by atoms with Gasteiger partial charge in [0.2, 0.25) is 0 Å². The first-order chi connectivity index (χ1) is 32.1. The topological polar surface area (TPSA) is 99.1 Å². The minimum absolute atomic E-state index is 0.0352. The molecule has 0 aromatic heterocycles. The maximum absolute atomic E-state index is 12.8. The molecule has 0 saturated heterocycles. The highest BCUT2D eigenvalue weighted by molar-refractivity contribution is 5.72. The number of nitrogens with zero attached hydrogens (tertiary/aromatic N) is 1. The Hall–Kier alpha value is -4.27. The van der Waals surface area contributed by atoms with E-state index in [1.165, 1.54) is 19.3 Å². The van der Waals surface area contributed by atoms with Crippen molar-refractivity contribution in [1.82, 2.24) is 0 Å². The van der Waals surface area contributed by atoms with Crippen LogP contribution in [0.15, 0.2) is 122 Å². The number of carbonyl (C=O) groups excluding carboxylic acids is 2. The summed E-state index contributed by atoms with van der Waals surface area (Å²) >= 11 is 0. The van der Waals surface area contributed by atoms with Crippen LogP contribution in [0.3, 0.4) is 0 Å². The number of allylic oxidation sites excluding steroid dienone is 20. The Morgan fingerprint density at radius 3 is 1.20 bits per heavy atom. The highest BCUT2D eigenvalue weighted by Crippen LogP contribution is 2.13. The summed E-state index contributed by atoms with van der Waals surface area (Å²) in [6.45, 7) is 4.45. The molecule has 372 valence electrons. The number of quaternary nitrogens is 1. The fourth-order valence-electron chi connectivity index (χ4n) is 6.73. The zero-order valence-corrected chi connectivity index (χ0v) is 42.3. The molecule has 0 bridgehead atoms. The predicted molar refractivity (Wildman–Crippen MR) is 279 cm³/mol.